The van der Waals surface area contributed by atoms with Crippen molar-refractivity contribution in [3.05, 3.63) is 77.8 Å². The average Bonchev–Trinajstić information content (AvgIpc) is 3.42. The predicted molar refractivity (Wildman–Crippen MR) is 144 cm³/mol. The van der Waals surface area contributed by atoms with E-state index in [1.807, 2.05) is 12.1 Å². The van der Waals surface area contributed by atoms with Gasteiger partial charge in [-0.25, -0.2) is 9.48 Å². The number of carboxylic acid groups (broad SMARTS) is 1. The van der Waals surface area contributed by atoms with Crippen molar-refractivity contribution in [3.63, 3.8) is 0 Å². The van der Waals surface area contributed by atoms with Gasteiger partial charge in [-0.05, 0) is 41.5 Å². The number of carbonyl (C=O) groups excluding carboxylic acids is 2. The van der Waals surface area contributed by atoms with Crippen LogP contribution in [-0.4, -0.2) is 89.8 Å². The smallest absolute Gasteiger partial charge is 0.471 e. The maximum absolute atomic E-state index is 12.8. The lowest BCUT2D eigenvalue weighted by atomic mass is 9.93. The zero-order valence-electron chi connectivity index (χ0n) is 22.5. The number of alkyl halides is 3. The summed E-state index contributed by atoms with van der Waals surface area (Å²) in [6.45, 7) is -0.597. The van der Waals surface area contributed by atoms with E-state index in [1.54, 1.807) is 36.4 Å². The number of nitrogens with two attached hydrogens (primary N) is 1. The third-order valence-corrected chi connectivity index (χ3v) is 6.56. The van der Waals surface area contributed by atoms with E-state index in [0.29, 0.717) is 17.3 Å². The van der Waals surface area contributed by atoms with Crippen molar-refractivity contribution in [1.29, 1.82) is 0 Å². The molecule has 2 heterocycles. The van der Waals surface area contributed by atoms with Gasteiger partial charge in [0.2, 0.25) is 5.76 Å². The van der Waals surface area contributed by atoms with Crippen LogP contribution in [0.15, 0.2) is 66.6 Å². The highest BCUT2D eigenvalue weighted by atomic mass is 19.4. The van der Waals surface area contributed by atoms with Crippen LogP contribution in [0.25, 0.3) is 11.1 Å². The summed E-state index contributed by atoms with van der Waals surface area (Å²) in [5, 5.41) is 52.3. The highest BCUT2D eigenvalue weighted by Gasteiger charge is 2.47. The maximum atomic E-state index is 12.8. The second-order valence-electron chi connectivity index (χ2n) is 9.78. The van der Waals surface area contributed by atoms with E-state index >= 15 is 0 Å². The molecule has 0 saturated carbocycles. The first-order chi connectivity index (χ1) is 20.7. The predicted octanol–water partition coefficient (Wildman–Crippen LogP) is -0.0456. The van der Waals surface area contributed by atoms with Gasteiger partial charge in [0, 0.05) is 11.3 Å². The fourth-order valence-corrected chi connectivity index (χ4v) is 4.35. The monoisotopic (exact) mass is 620 g/mol. The van der Waals surface area contributed by atoms with Crippen LogP contribution in [0, 0.1) is 0 Å². The van der Waals surface area contributed by atoms with Crippen molar-refractivity contribution in [1.82, 2.24) is 25.6 Å². The van der Waals surface area contributed by atoms with E-state index in [-0.39, 0.29) is 12.2 Å². The van der Waals surface area contributed by atoms with Crippen molar-refractivity contribution in [3.8, 4) is 11.1 Å². The molecular weight excluding hydrogens is 593 g/mol. The molecule has 14 nitrogen and oxygen atoms in total. The van der Waals surface area contributed by atoms with Gasteiger partial charge in [0.25, 0.3) is 5.91 Å². The van der Waals surface area contributed by atoms with Gasteiger partial charge in [0.05, 0.1) is 25.3 Å². The number of nitrogen functional groups attached to an aromatic ring is 1. The van der Waals surface area contributed by atoms with Gasteiger partial charge >= 0.3 is 18.1 Å². The summed E-state index contributed by atoms with van der Waals surface area (Å²) in [5.41, 5.74) is 8.76. The minimum Gasteiger partial charge on any atom is -0.478 e. The molecule has 4 rings (SSSR count). The van der Waals surface area contributed by atoms with Gasteiger partial charge in [-0.15, -0.1) is 5.10 Å². The normalized spacial score (nSPS) is 19.7. The van der Waals surface area contributed by atoms with Crippen LogP contribution in [0.2, 0.25) is 0 Å². The van der Waals surface area contributed by atoms with Gasteiger partial charge in [-0.2, -0.15) is 13.2 Å². The molecule has 0 fully saturated rings. The highest BCUT2D eigenvalue weighted by molar-refractivity contribution is 5.94. The van der Waals surface area contributed by atoms with Crippen LogP contribution in [0.3, 0.4) is 0 Å². The number of nitrogens with zero attached hydrogens (tertiary/aromatic N) is 3. The number of hydrogen-bond acceptors (Lipinski definition) is 10. The van der Waals surface area contributed by atoms with Gasteiger partial charge in [0.15, 0.2) is 6.10 Å². The third-order valence-electron chi connectivity index (χ3n) is 6.56. The molecule has 0 saturated heterocycles. The molecule has 0 radical (unpaired) electrons. The van der Waals surface area contributed by atoms with Crippen LogP contribution >= 0.6 is 0 Å². The first-order valence-corrected chi connectivity index (χ1v) is 12.9. The molecule has 1 aromatic heterocycles. The molecule has 5 atom stereocenters. The summed E-state index contributed by atoms with van der Waals surface area (Å²) >= 11 is 0. The number of benzene rings is 2. The van der Waals surface area contributed by atoms with E-state index in [0.717, 1.165) is 15.8 Å². The number of aliphatic hydroxyl groups is 3. The number of anilines is 1. The molecule has 17 heteroatoms. The number of rotatable bonds is 10. The highest BCUT2D eigenvalue weighted by Crippen LogP contribution is 2.25. The summed E-state index contributed by atoms with van der Waals surface area (Å²) in [6, 6.07) is 12.1. The van der Waals surface area contributed by atoms with Crippen molar-refractivity contribution in [2.45, 2.75) is 49.7 Å². The Morgan fingerprint density at radius 2 is 1.80 bits per heavy atom. The number of aliphatic hydroxyl groups excluding tert-OH is 3. The lowest BCUT2D eigenvalue weighted by molar-refractivity contribution is -0.179. The molecule has 44 heavy (non-hydrogen) atoms. The van der Waals surface area contributed by atoms with E-state index in [9.17, 15) is 48.0 Å². The molecule has 2 aromatic carbocycles. The van der Waals surface area contributed by atoms with Crippen LogP contribution in [0.4, 0.5) is 18.9 Å². The Kier molecular flexibility index (Phi) is 9.51. The van der Waals surface area contributed by atoms with Gasteiger partial charge in [-0.3, -0.25) is 9.59 Å². The number of carboxylic acids is 1. The van der Waals surface area contributed by atoms with Crippen molar-refractivity contribution < 1.29 is 52.7 Å². The minimum absolute atomic E-state index is 0.0787. The second kappa shape index (κ2) is 13.1. The fraction of sp³-hybridized carbons (Fsp3) is 0.296. The third kappa shape index (κ3) is 7.68. The number of ether oxygens (including phenoxy) is 1. The number of hydrogen-bond donors (Lipinski definition) is 7. The number of halogens is 3. The second-order valence-corrected chi connectivity index (χ2v) is 9.78. The van der Waals surface area contributed by atoms with Gasteiger partial charge in [0.1, 0.15) is 24.0 Å². The Hall–Kier alpha value is -5.00. The van der Waals surface area contributed by atoms with Gasteiger partial charge < -0.3 is 41.5 Å². The Labute approximate surface area is 246 Å². The maximum Gasteiger partial charge on any atom is 0.471 e. The number of nitrogens with one attached hydrogen (secondary N) is 2. The molecule has 234 valence electrons. The quantitative estimate of drug-likeness (QED) is 0.149. The molecule has 3 aromatic rings. The summed E-state index contributed by atoms with van der Waals surface area (Å²) < 4.78 is 44.5. The van der Waals surface area contributed by atoms with Crippen LogP contribution < -0.4 is 16.4 Å². The number of aromatic nitrogens is 3. The SMILES string of the molecule is Nc1cccc(-c2ccc(C(=O)NCc3cn(C[C@@H](O)[C@@H](O)[C@H]4OC(C(=O)O)=C[C@H](O)[C@H]4NC(=O)C(F)(F)F)nn3)cc2)c1. The van der Waals surface area contributed by atoms with E-state index in [4.69, 9.17) is 10.5 Å². The molecule has 0 unspecified atom stereocenters. The molecule has 8 N–H and O–H groups in total. The Morgan fingerprint density at radius 1 is 1.09 bits per heavy atom. The van der Waals surface area contributed by atoms with Gasteiger partial charge in [-0.1, -0.05) is 29.5 Å². The topological polar surface area (TPSA) is 222 Å². The number of carbonyl (C=O) groups is 3. The molecule has 0 bridgehead atoms. The molecule has 1 aliphatic rings. The van der Waals surface area contributed by atoms with Crippen molar-refractivity contribution in [2.24, 2.45) is 0 Å². The summed E-state index contributed by atoms with van der Waals surface area (Å²) in [7, 11) is 0. The minimum atomic E-state index is -5.36. The zero-order valence-corrected chi connectivity index (χ0v) is 22.5. The standard InChI is InChI=1S/C27H27F3N6O8/c28-27(29,30)26(43)33-21-18(37)9-20(25(41)42)44-23(21)22(39)19(38)12-36-11-17(34-35-36)10-32-24(40)14-6-4-13(5-7-14)15-2-1-3-16(31)8-15/h1-9,11,18-19,21-23,37-39H,10,12,31H2,(H,32,40)(H,33,43)(H,41,42)/t18-,19+,21+,22+,23-/m0/s1. The van der Waals surface area contributed by atoms with E-state index < -0.39 is 66.7 Å². The lowest BCUT2D eigenvalue weighted by Gasteiger charge is -2.38. The number of aliphatic carboxylic acids is 1. The van der Waals surface area contributed by atoms with E-state index in [2.05, 4.69) is 15.6 Å². The summed E-state index contributed by atoms with van der Waals surface area (Å²) in [4.78, 5) is 35.4. The van der Waals surface area contributed by atoms with Crippen LogP contribution in [0.1, 0.15) is 16.1 Å². The lowest BCUT2D eigenvalue weighted by Crippen LogP contribution is -2.61. The summed E-state index contributed by atoms with van der Waals surface area (Å²) in [6.07, 6.45) is -11.5. The first kappa shape index (κ1) is 31.9. The first-order valence-electron chi connectivity index (χ1n) is 12.9. The molecule has 0 aliphatic carbocycles. The van der Waals surface area contributed by atoms with Crippen molar-refractivity contribution >= 4 is 23.5 Å². The van der Waals surface area contributed by atoms with Crippen LogP contribution in [-0.2, 0) is 27.4 Å². The molecule has 2 amide bonds. The fourth-order valence-electron chi connectivity index (χ4n) is 4.35. The Morgan fingerprint density at radius 3 is 2.43 bits per heavy atom. The Balaban J connectivity index is 1.36. The van der Waals surface area contributed by atoms with E-state index in [1.165, 1.54) is 11.5 Å². The number of amides is 2. The average molecular weight is 621 g/mol. The molecular formula is C27H27F3N6O8. The Bertz CT molecular complexity index is 1540. The zero-order chi connectivity index (χ0) is 32.2. The summed E-state index contributed by atoms with van der Waals surface area (Å²) in [5.74, 6) is -5.53. The largest absolute Gasteiger partial charge is 0.478 e. The molecule has 1 aliphatic heterocycles. The molecule has 0 spiro atoms. The van der Waals surface area contributed by atoms with Crippen molar-refractivity contribution in [2.75, 3.05) is 5.73 Å². The van der Waals surface area contributed by atoms with Crippen LogP contribution in [0.5, 0.6) is 0 Å².